The quantitative estimate of drug-likeness (QED) is 0.493. The summed E-state index contributed by atoms with van der Waals surface area (Å²) in [6.45, 7) is 0.0940. The number of hydrogen-bond acceptors (Lipinski definition) is 5. The summed E-state index contributed by atoms with van der Waals surface area (Å²) < 4.78 is 32.9. The van der Waals surface area contributed by atoms with Crippen LogP contribution in [-0.2, 0) is 19.4 Å². The molecule has 1 aliphatic heterocycles. The van der Waals surface area contributed by atoms with Gasteiger partial charge in [-0.25, -0.2) is 4.18 Å². The summed E-state index contributed by atoms with van der Waals surface area (Å²) in [7, 11) is -4.49. The third-order valence-corrected chi connectivity index (χ3v) is 2.16. The molecule has 1 rings (SSSR count). The number of carbonyl (C=O) groups is 1. The van der Waals surface area contributed by atoms with Crippen LogP contribution in [-0.4, -0.2) is 42.7 Å². The van der Waals surface area contributed by atoms with Gasteiger partial charge in [0.2, 0.25) is 0 Å². The van der Waals surface area contributed by atoms with E-state index in [1.54, 1.807) is 0 Å². The first-order valence-corrected chi connectivity index (χ1v) is 4.87. The van der Waals surface area contributed by atoms with Gasteiger partial charge in [-0.15, -0.1) is 0 Å². The van der Waals surface area contributed by atoms with Gasteiger partial charge in [-0.2, -0.15) is 8.42 Å². The lowest BCUT2D eigenvalue weighted by atomic mass is 10.2. The van der Waals surface area contributed by atoms with E-state index in [1.807, 2.05) is 0 Å². The fraction of sp³-hybridized carbons (Fsp3) is 0.800. The molecule has 1 fully saturated rings. The Morgan fingerprint density at radius 2 is 2.15 bits per heavy atom. The molecule has 3 N–H and O–H groups in total. The van der Waals surface area contributed by atoms with Crippen molar-refractivity contribution in [2.75, 3.05) is 6.54 Å². The van der Waals surface area contributed by atoms with E-state index in [0.29, 0.717) is 0 Å². The van der Waals surface area contributed by atoms with E-state index in [9.17, 15) is 13.2 Å². The standard InChI is InChI=1S/C5H9NO6S/c7-5(8)4-1-3(2-6-4)12-13(9,10)11/h3-4,6H,1-2H2,(H,7,8)(H,9,10,11). The molecule has 0 aromatic heterocycles. The summed E-state index contributed by atoms with van der Waals surface area (Å²) in [6.07, 6.45) is -0.786. The number of rotatable bonds is 3. The number of aliphatic carboxylic acids is 1. The molecule has 0 radical (unpaired) electrons. The fourth-order valence-electron chi connectivity index (χ4n) is 1.14. The first-order valence-electron chi connectivity index (χ1n) is 3.50. The number of nitrogens with one attached hydrogen (secondary N) is 1. The van der Waals surface area contributed by atoms with Crippen LogP contribution in [0.4, 0.5) is 0 Å². The van der Waals surface area contributed by atoms with E-state index >= 15 is 0 Å². The average Bonchev–Trinajstić information content (AvgIpc) is 2.31. The maximum Gasteiger partial charge on any atom is 0.397 e. The molecule has 1 aliphatic rings. The Morgan fingerprint density at radius 3 is 2.54 bits per heavy atom. The zero-order chi connectivity index (χ0) is 10.1. The van der Waals surface area contributed by atoms with Crippen LogP contribution in [0.5, 0.6) is 0 Å². The molecule has 76 valence electrons. The summed E-state index contributed by atoms with van der Waals surface area (Å²) in [6, 6.07) is -0.813. The molecular weight excluding hydrogens is 202 g/mol. The summed E-state index contributed by atoms with van der Waals surface area (Å²) in [5.41, 5.74) is 0. The monoisotopic (exact) mass is 211 g/mol. The van der Waals surface area contributed by atoms with Crippen molar-refractivity contribution in [3.8, 4) is 0 Å². The fourth-order valence-corrected chi connectivity index (χ4v) is 1.63. The van der Waals surface area contributed by atoms with E-state index in [2.05, 4.69) is 9.50 Å². The van der Waals surface area contributed by atoms with Crippen molar-refractivity contribution in [3.05, 3.63) is 0 Å². The van der Waals surface area contributed by atoms with Gasteiger partial charge in [0.05, 0.1) is 6.10 Å². The van der Waals surface area contributed by atoms with Crippen molar-refractivity contribution in [1.29, 1.82) is 0 Å². The SMILES string of the molecule is O=C(O)C1CC(OS(=O)(=O)O)CN1. The largest absolute Gasteiger partial charge is 0.480 e. The highest BCUT2D eigenvalue weighted by molar-refractivity contribution is 7.80. The van der Waals surface area contributed by atoms with Crippen LogP contribution in [0.1, 0.15) is 6.42 Å². The Hall–Kier alpha value is -0.700. The Balaban J connectivity index is 2.47. The summed E-state index contributed by atoms with van der Waals surface area (Å²) in [5.74, 6) is -1.07. The zero-order valence-electron chi connectivity index (χ0n) is 6.50. The second-order valence-electron chi connectivity index (χ2n) is 2.68. The van der Waals surface area contributed by atoms with Gasteiger partial charge in [0.15, 0.2) is 0 Å². The van der Waals surface area contributed by atoms with Crippen molar-refractivity contribution in [3.63, 3.8) is 0 Å². The molecule has 2 unspecified atom stereocenters. The van der Waals surface area contributed by atoms with Crippen molar-refractivity contribution < 1.29 is 27.1 Å². The Morgan fingerprint density at radius 1 is 1.54 bits per heavy atom. The van der Waals surface area contributed by atoms with Gasteiger partial charge in [0.1, 0.15) is 6.04 Å². The van der Waals surface area contributed by atoms with Gasteiger partial charge in [-0.05, 0) is 0 Å². The first kappa shape index (κ1) is 10.4. The molecule has 0 saturated carbocycles. The number of hydrogen-bond donors (Lipinski definition) is 3. The molecule has 0 aromatic carbocycles. The zero-order valence-corrected chi connectivity index (χ0v) is 7.32. The maximum absolute atomic E-state index is 10.4. The van der Waals surface area contributed by atoms with Crippen LogP contribution in [0.2, 0.25) is 0 Å². The van der Waals surface area contributed by atoms with Crippen LogP contribution in [0, 0.1) is 0 Å². The van der Waals surface area contributed by atoms with Crippen LogP contribution in [0.15, 0.2) is 0 Å². The van der Waals surface area contributed by atoms with E-state index in [4.69, 9.17) is 9.66 Å². The van der Waals surface area contributed by atoms with Crippen LogP contribution in [0.3, 0.4) is 0 Å². The molecule has 1 saturated heterocycles. The third kappa shape index (κ3) is 3.27. The third-order valence-electron chi connectivity index (χ3n) is 1.65. The summed E-state index contributed by atoms with van der Waals surface area (Å²) in [5, 5.41) is 11.0. The molecule has 2 atom stereocenters. The molecule has 1 heterocycles. The number of carboxylic acid groups (broad SMARTS) is 1. The van der Waals surface area contributed by atoms with Crippen molar-refractivity contribution in [2.45, 2.75) is 18.6 Å². The maximum atomic E-state index is 10.4. The van der Waals surface area contributed by atoms with Gasteiger partial charge in [0, 0.05) is 13.0 Å². The molecule has 0 bridgehead atoms. The smallest absolute Gasteiger partial charge is 0.397 e. The molecule has 0 aromatic rings. The Kier molecular flexibility index (Phi) is 2.86. The highest BCUT2D eigenvalue weighted by Crippen LogP contribution is 2.12. The van der Waals surface area contributed by atoms with E-state index < -0.39 is 28.5 Å². The van der Waals surface area contributed by atoms with Gasteiger partial charge >= 0.3 is 16.4 Å². The minimum Gasteiger partial charge on any atom is -0.480 e. The van der Waals surface area contributed by atoms with E-state index in [1.165, 1.54) is 0 Å². The Bertz CT molecular complexity index is 298. The summed E-state index contributed by atoms with van der Waals surface area (Å²) in [4.78, 5) is 10.4. The van der Waals surface area contributed by atoms with Crippen LogP contribution < -0.4 is 5.32 Å². The minimum absolute atomic E-state index is 0.0229. The highest BCUT2D eigenvalue weighted by atomic mass is 32.3. The molecule has 0 aliphatic carbocycles. The predicted molar refractivity (Wildman–Crippen MR) is 40.5 cm³/mol. The molecule has 8 heteroatoms. The van der Waals surface area contributed by atoms with Crippen LogP contribution in [0.25, 0.3) is 0 Å². The molecule has 0 amide bonds. The lowest BCUT2D eigenvalue weighted by Gasteiger charge is -2.05. The lowest BCUT2D eigenvalue weighted by molar-refractivity contribution is -0.139. The first-order chi connectivity index (χ1) is 5.88. The van der Waals surface area contributed by atoms with Crippen LogP contribution >= 0.6 is 0 Å². The highest BCUT2D eigenvalue weighted by Gasteiger charge is 2.32. The molecule has 13 heavy (non-hydrogen) atoms. The second-order valence-corrected chi connectivity index (χ2v) is 3.73. The molecule has 0 spiro atoms. The predicted octanol–water partition coefficient (Wildman–Crippen LogP) is -1.38. The van der Waals surface area contributed by atoms with Gasteiger partial charge in [0.25, 0.3) is 0 Å². The molecule has 7 nitrogen and oxygen atoms in total. The topological polar surface area (TPSA) is 113 Å². The minimum atomic E-state index is -4.49. The average molecular weight is 211 g/mol. The van der Waals surface area contributed by atoms with E-state index in [-0.39, 0.29) is 13.0 Å². The van der Waals surface area contributed by atoms with E-state index in [0.717, 1.165) is 0 Å². The Labute approximate surface area is 74.6 Å². The summed E-state index contributed by atoms with van der Waals surface area (Å²) >= 11 is 0. The van der Waals surface area contributed by atoms with Crippen molar-refractivity contribution >= 4 is 16.4 Å². The van der Waals surface area contributed by atoms with Crippen molar-refractivity contribution in [1.82, 2.24) is 5.32 Å². The lowest BCUT2D eigenvalue weighted by Crippen LogP contribution is -2.30. The number of carboxylic acids is 1. The van der Waals surface area contributed by atoms with Crippen molar-refractivity contribution in [2.24, 2.45) is 0 Å². The van der Waals surface area contributed by atoms with Gasteiger partial charge < -0.3 is 10.4 Å². The van der Waals surface area contributed by atoms with Gasteiger partial charge in [-0.1, -0.05) is 0 Å². The second kappa shape index (κ2) is 3.58. The molecular formula is C5H9NO6S. The normalized spacial score (nSPS) is 29.0. The van der Waals surface area contributed by atoms with Gasteiger partial charge in [-0.3, -0.25) is 9.35 Å².